The summed E-state index contributed by atoms with van der Waals surface area (Å²) >= 11 is 3.49. The molecule has 2 N–H and O–H groups in total. The first kappa shape index (κ1) is 13.8. The minimum atomic E-state index is 0.578. The van der Waals surface area contributed by atoms with Crippen molar-refractivity contribution in [3.05, 3.63) is 41.0 Å². The molecule has 0 aliphatic rings. The lowest BCUT2D eigenvalue weighted by molar-refractivity contribution is 0.687. The summed E-state index contributed by atoms with van der Waals surface area (Å²) in [4.78, 5) is 8.65. The molecule has 0 bridgehead atoms. The zero-order chi connectivity index (χ0) is 13.7. The van der Waals surface area contributed by atoms with Gasteiger partial charge in [0, 0.05) is 17.2 Å². The molecule has 1 aromatic carbocycles. The van der Waals surface area contributed by atoms with E-state index in [1.54, 1.807) is 6.20 Å². The third kappa shape index (κ3) is 4.21. The molecular weight excluding hydrogens is 304 g/mol. The molecule has 0 saturated heterocycles. The van der Waals surface area contributed by atoms with E-state index in [4.69, 9.17) is 0 Å². The molecule has 100 valence electrons. The Balaban J connectivity index is 2.09. The molecular formula is C14H17BrN4. The van der Waals surface area contributed by atoms with Crippen LogP contribution in [0.5, 0.6) is 0 Å². The highest BCUT2D eigenvalue weighted by molar-refractivity contribution is 9.10. The van der Waals surface area contributed by atoms with E-state index in [-0.39, 0.29) is 0 Å². The number of para-hydroxylation sites is 1. The van der Waals surface area contributed by atoms with Gasteiger partial charge < -0.3 is 10.6 Å². The Morgan fingerprint density at radius 1 is 1.21 bits per heavy atom. The maximum Gasteiger partial charge on any atom is 0.229 e. The second-order valence-corrected chi connectivity index (χ2v) is 5.50. The molecule has 4 nitrogen and oxygen atoms in total. The summed E-state index contributed by atoms with van der Waals surface area (Å²) in [6.45, 7) is 5.22. The summed E-state index contributed by atoms with van der Waals surface area (Å²) in [5.41, 5.74) is 0.948. The number of nitrogens with zero attached hydrogens (tertiary/aromatic N) is 2. The van der Waals surface area contributed by atoms with Crippen LogP contribution in [0, 0.1) is 5.92 Å². The monoisotopic (exact) mass is 320 g/mol. The summed E-state index contributed by atoms with van der Waals surface area (Å²) in [5, 5.41) is 6.47. The molecule has 2 aromatic rings. The number of hydrogen-bond acceptors (Lipinski definition) is 4. The highest BCUT2D eigenvalue weighted by atomic mass is 79.9. The van der Waals surface area contributed by atoms with Crippen molar-refractivity contribution in [3.8, 4) is 0 Å². The van der Waals surface area contributed by atoms with Crippen molar-refractivity contribution < 1.29 is 0 Å². The number of aromatic nitrogens is 2. The van der Waals surface area contributed by atoms with Gasteiger partial charge in [0.1, 0.15) is 5.82 Å². The van der Waals surface area contributed by atoms with Crippen LogP contribution >= 0.6 is 15.9 Å². The van der Waals surface area contributed by atoms with E-state index in [1.807, 2.05) is 30.3 Å². The number of halogens is 1. The van der Waals surface area contributed by atoms with E-state index < -0.39 is 0 Å². The van der Waals surface area contributed by atoms with Crippen LogP contribution in [0.25, 0.3) is 0 Å². The molecule has 0 aliphatic heterocycles. The van der Waals surface area contributed by atoms with Crippen LogP contribution in [0.2, 0.25) is 0 Å². The number of nitrogens with one attached hydrogen (secondary N) is 2. The van der Waals surface area contributed by atoms with Gasteiger partial charge in [-0.05, 0) is 40.0 Å². The quantitative estimate of drug-likeness (QED) is 0.872. The van der Waals surface area contributed by atoms with E-state index in [0.717, 1.165) is 22.5 Å². The first-order valence-electron chi connectivity index (χ1n) is 6.23. The van der Waals surface area contributed by atoms with Crippen LogP contribution in [-0.4, -0.2) is 16.5 Å². The second kappa shape index (κ2) is 6.52. The van der Waals surface area contributed by atoms with Crippen LogP contribution in [0.4, 0.5) is 17.5 Å². The van der Waals surface area contributed by atoms with Crippen LogP contribution in [0.1, 0.15) is 13.8 Å². The topological polar surface area (TPSA) is 49.8 Å². The van der Waals surface area contributed by atoms with Gasteiger partial charge in [0.15, 0.2) is 0 Å². The fourth-order valence-corrected chi connectivity index (χ4v) is 1.89. The van der Waals surface area contributed by atoms with Gasteiger partial charge in [-0.2, -0.15) is 4.98 Å². The van der Waals surface area contributed by atoms with Gasteiger partial charge in [0.2, 0.25) is 5.95 Å². The standard InChI is InChI=1S/C14H17BrN4/c1-10(2)9-17-13-7-8-16-14(19-13)18-12-6-4-3-5-11(12)15/h3-8,10H,9H2,1-2H3,(H2,16,17,18,19). The lowest BCUT2D eigenvalue weighted by atomic mass is 10.2. The molecule has 0 aliphatic carbocycles. The third-order valence-electron chi connectivity index (χ3n) is 2.47. The van der Waals surface area contributed by atoms with E-state index in [0.29, 0.717) is 11.9 Å². The van der Waals surface area contributed by atoms with E-state index >= 15 is 0 Å². The molecule has 1 heterocycles. The van der Waals surface area contributed by atoms with Crippen molar-refractivity contribution in [1.29, 1.82) is 0 Å². The Labute approximate surface area is 121 Å². The molecule has 1 aromatic heterocycles. The lowest BCUT2D eigenvalue weighted by Crippen LogP contribution is -2.10. The third-order valence-corrected chi connectivity index (χ3v) is 3.16. The smallest absolute Gasteiger partial charge is 0.229 e. The summed E-state index contributed by atoms with van der Waals surface area (Å²) in [6.07, 6.45) is 1.74. The van der Waals surface area contributed by atoms with Crippen LogP contribution < -0.4 is 10.6 Å². The molecule has 0 saturated carbocycles. The molecule has 0 radical (unpaired) electrons. The molecule has 0 fully saturated rings. The Bertz CT molecular complexity index is 542. The van der Waals surface area contributed by atoms with Gasteiger partial charge in [0.05, 0.1) is 5.69 Å². The van der Waals surface area contributed by atoms with Crippen molar-refractivity contribution in [1.82, 2.24) is 9.97 Å². The summed E-state index contributed by atoms with van der Waals surface area (Å²) in [5.74, 6) is 1.99. The van der Waals surface area contributed by atoms with Crippen molar-refractivity contribution >= 4 is 33.4 Å². The molecule has 0 spiro atoms. The Morgan fingerprint density at radius 3 is 2.74 bits per heavy atom. The van der Waals surface area contributed by atoms with Crippen molar-refractivity contribution in [3.63, 3.8) is 0 Å². The van der Waals surface area contributed by atoms with Crippen molar-refractivity contribution in [2.45, 2.75) is 13.8 Å². The first-order chi connectivity index (χ1) is 9.15. The predicted molar refractivity (Wildman–Crippen MR) is 82.8 cm³/mol. The Kier molecular flexibility index (Phi) is 4.74. The normalized spacial score (nSPS) is 10.5. The molecule has 0 atom stereocenters. The lowest BCUT2D eigenvalue weighted by Gasteiger charge is -2.10. The zero-order valence-corrected chi connectivity index (χ0v) is 12.6. The van der Waals surface area contributed by atoms with Gasteiger partial charge in [-0.3, -0.25) is 0 Å². The predicted octanol–water partition coefficient (Wildman–Crippen LogP) is 4.05. The summed E-state index contributed by atoms with van der Waals surface area (Å²) < 4.78 is 0.985. The SMILES string of the molecule is CC(C)CNc1ccnc(Nc2ccccc2Br)n1. The highest BCUT2D eigenvalue weighted by Crippen LogP contribution is 2.23. The van der Waals surface area contributed by atoms with E-state index in [1.165, 1.54) is 0 Å². The zero-order valence-electron chi connectivity index (χ0n) is 11.0. The van der Waals surface area contributed by atoms with E-state index in [9.17, 15) is 0 Å². The average Bonchev–Trinajstić information content (AvgIpc) is 2.40. The minimum Gasteiger partial charge on any atom is -0.370 e. The Morgan fingerprint density at radius 2 is 2.00 bits per heavy atom. The number of anilines is 3. The van der Waals surface area contributed by atoms with Gasteiger partial charge in [0.25, 0.3) is 0 Å². The largest absolute Gasteiger partial charge is 0.370 e. The number of hydrogen-bond donors (Lipinski definition) is 2. The summed E-state index contributed by atoms with van der Waals surface area (Å²) in [6, 6.07) is 9.75. The first-order valence-corrected chi connectivity index (χ1v) is 7.03. The highest BCUT2D eigenvalue weighted by Gasteiger charge is 2.03. The summed E-state index contributed by atoms with van der Waals surface area (Å²) in [7, 11) is 0. The number of rotatable bonds is 5. The van der Waals surface area contributed by atoms with Gasteiger partial charge >= 0.3 is 0 Å². The van der Waals surface area contributed by atoms with E-state index in [2.05, 4.69) is 50.4 Å². The number of benzene rings is 1. The van der Waals surface area contributed by atoms with Crippen molar-refractivity contribution in [2.24, 2.45) is 5.92 Å². The van der Waals surface area contributed by atoms with Gasteiger partial charge in [-0.15, -0.1) is 0 Å². The molecule has 0 unspecified atom stereocenters. The fraction of sp³-hybridized carbons (Fsp3) is 0.286. The molecule has 2 rings (SSSR count). The van der Waals surface area contributed by atoms with Crippen LogP contribution in [0.3, 0.4) is 0 Å². The fourth-order valence-electron chi connectivity index (χ4n) is 1.51. The minimum absolute atomic E-state index is 0.578. The molecule has 0 amide bonds. The molecule has 5 heteroatoms. The average molecular weight is 321 g/mol. The van der Waals surface area contributed by atoms with Gasteiger partial charge in [-0.1, -0.05) is 26.0 Å². The maximum absolute atomic E-state index is 4.43. The van der Waals surface area contributed by atoms with Crippen LogP contribution in [0.15, 0.2) is 41.0 Å². The Hall–Kier alpha value is -1.62. The van der Waals surface area contributed by atoms with Gasteiger partial charge in [-0.25, -0.2) is 4.98 Å². The van der Waals surface area contributed by atoms with Crippen molar-refractivity contribution in [2.75, 3.05) is 17.2 Å². The maximum atomic E-state index is 4.43. The molecule has 19 heavy (non-hydrogen) atoms. The van der Waals surface area contributed by atoms with Crippen LogP contribution in [-0.2, 0) is 0 Å². The second-order valence-electron chi connectivity index (χ2n) is 4.65.